The molecule has 0 spiro atoms. The van der Waals surface area contributed by atoms with E-state index in [9.17, 15) is 8.42 Å². The topological polar surface area (TPSA) is 97.1 Å². The first-order valence-electron chi connectivity index (χ1n) is 5.28. The van der Waals surface area contributed by atoms with Crippen LogP contribution in [0.1, 0.15) is 11.3 Å². The molecule has 6 nitrogen and oxygen atoms in total. The molecule has 0 amide bonds. The highest BCUT2D eigenvalue weighted by Crippen LogP contribution is 2.13. The summed E-state index contributed by atoms with van der Waals surface area (Å²) in [5.74, 6) is 0.462. The minimum absolute atomic E-state index is 0.0457. The molecule has 0 saturated heterocycles. The van der Waals surface area contributed by atoms with Gasteiger partial charge >= 0.3 is 0 Å². The highest BCUT2D eigenvalue weighted by atomic mass is 32.2. The molecule has 1 aromatic rings. The molecule has 4 N–H and O–H groups in total. The number of anilines is 1. The van der Waals surface area contributed by atoms with Gasteiger partial charge in [0.15, 0.2) is 0 Å². The van der Waals surface area contributed by atoms with Crippen LogP contribution < -0.4 is 15.8 Å². The molecule has 0 saturated carbocycles. The quantitative estimate of drug-likeness (QED) is 0.637. The van der Waals surface area contributed by atoms with Crippen molar-refractivity contribution in [2.24, 2.45) is 5.73 Å². The Balaban J connectivity index is 2.78. The van der Waals surface area contributed by atoms with Gasteiger partial charge in [0.25, 0.3) is 0 Å². The van der Waals surface area contributed by atoms with E-state index >= 15 is 0 Å². The van der Waals surface area contributed by atoms with Crippen molar-refractivity contribution in [1.29, 1.82) is 0 Å². The zero-order valence-electron chi connectivity index (χ0n) is 10.2. The number of nitrogens with two attached hydrogens (primary N) is 1. The largest absolute Gasteiger partial charge is 0.389 e. The molecule has 0 fully saturated rings. The zero-order valence-corrected chi connectivity index (χ0v) is 11.9. The van der Waals surface area contributed by atoms with Gasteiger partial charge in [0, 0.05) is 12.2 Å². The first-order valence-corrected chi connectivity index (χ1v) is 7.34. The van der Waals surface area contributed by atoms with Gasteiger partial charge in [0.1, 0.15) is 10.8 Å². The number of nitrogens with zero attached hydrogens (tertiary/aromatic N) is 1. The highest BCUT2D eigenvalue weighted by Gasteiger charge is 2.09. The normalized spacial score (nSPS) is 11.2. The van der Waals surface area contributed by atoms with E-state index in [1.807, 2.05) is 6.92 Å². The smallest absolute Gasteiger partial charge is 0.213 e. The number of sulfonamides is 1. The summed E-state index contributed by atoms with van der Waals surface area (Å²) in [5.41, 5.74) is 6.98. The first kappa shape index (κ1) is 14.8. The van der Waals surface area contributed by atoms with Crippen molar-refractivity contribution in [2.45, 2.75) is 6.92 Å². The molecule has 1 aromatic heterocycles. The molecule has 0 atom stereocenters. The summed E-state index contributed by atoms with van der Waals surface area (Å²) in [5, 5.41) is 2.93. The number of aryl methyl sites for hydroxylation is 1. The standard InChI is InChI=1S/C10H16N4O2S2/c1-7-3-4-8(9(11)17)10(14-7)13-5-6-18(15,16)12-2/h3-4,12H,5-6H2,1-2H3,(H2,11,17)(H,13,14). The molecule has 100 valence electrons. The van der Waals surface area contributed by atoms with Crippen molar-refractivity contribution < 1.29 is 8.42 Å². The van der Waals surface area contributed by atoms with Gasteiger partial charge < -0.3 is 11.1 Å². The van der Waals surface area contributed by atoms with E-state index in [1.165, 1.54) is 7.05 Å². The molecule has 1 heterocycles. The van der Waals surface area contributed by atoms with Gasteiger partial charge in [0.2, 0.25) is 10.0 Å². The van der Waals surface area contributed by atoms with E-state index < -0.39 is 10.0 Å². The van der Waals surface area contributed by atoms with Crippen LogP contribution in [0.5, 0.6) is 0 Å². The predicted molar refractivity (Wildman–Crippen MR) is 76.2 cm³/mol. The number of pyridine rings is 1. The Morgan fingerprint density at radius 2 is 2.17 bits per heavy atom. The zero-order chi connectivity index (χ0) is 13.8. The molecule has 0 bridgehead atoms. The van der Waals surface area contributed by atoms with Crippen molar-refractivity contribution in [3.63, 3.8) is 0 Å². The Bertz CT molecular complexity index is 543. The summed E-state index contributed by atoms with van der Waals surface area (Å²) >= 11 is 4.91. The van der Waals surface area contributed by atoms with Crippen molar-refractivity contribution in [3.8, 4) is 0 Å². The third-order valence-electron chi connectivity index (χ3n) is 2.27. The SMILES string of the molecule is CNS(=O)(=O)CCNc1nc(C)ccc1C(N)=S. The number of thiocarbonyl (C=S) groups is 1. The summed E-state index contributed by atoms with van der Waals surface area (Å²) in [6.07, 6.45) is 0. The van der Waals surface area contributed by atoms with Gasteiger partial charge in [0.05, 0.1) is 11.3 Å². The summed E-state index contributed by atoms with van der Waals surface area (Å²) in [6.45, 7) is 2.06. The van der Waals surface area contributed by atoms with Crippen LogP contribution in [0, 0.1) is 6.92 Å². The predicted octanol–water partition coefficient (Wildman–Crippen LogP) is -0.0147. The van der Waals surface area contributed by atoms with E-state index in [4.69, 9.17) is 18.0 Å². The Morgan fingerprint density at radius 3 is 2.72 bits per heavy atom. The lowest BCUT2D eigenvalue weighted by Gasteiger charge is -2.10. The van der Waals surface area contributed by atoms with Crippen LogP contribution in [0.2, 0.25) is 0 Å². The second-order valence-electron chi connectivity index (χ2n) is 3.66. The Morgan fingerprint density at radius 1 is 1.50 bits per heavy atom. The van der Waals surface area contributed by atoms with E-state index in [2.05, 4.69) is 15.0 Å². The van der Waals surface area contributed by atoms with Gasteiger partial charge in [-0.05, 0) is 26.1 Å². The number of rotatable bonds is 6. The van der Waals surface area contributed by atoms with Crippen molar-refractivity contribution >= 4 is 33.0 Å². The van der Waals surface area contributed by atoms with Gasteiger partial charge in [-0.3, -0.25) is 0 Å². The second-order valence-corrected chi connectivity index (χ2v) is 6.15. The summed E-state index contributed by atoms with van der Waals surface area (Å²) in [6, 6.07) is 3.56. The van der Waals surface area contributed by atoms with Crippen LogP contribution in [0.25, 0.3) is 0 Å². The van der Waals surface area contributed by atoms with Gasteiger partial charge in [-0.1, -0.05) is 12.2 Å². The summed E-state index contributed by atoms with van der Waals surface area (Å²) in [4.78, 5) is 4.47. The van der Waals surface area contributed by atoms with Crippen LogP contribution in [0.4, 0.5) is 5.82 Å². The number of aromatic nitrogens is 1. The fraction of sp³-hybridized carbons (Fsp3) is 0.400. The Kier molecular flexibility index (Phi) is 5.00. The van der Waals surface area contributed by atoms with Crippen LogP contribution >= 0.6 is 12.2 Å². The molecule has 18 heavy (non-hydrogen) atoms. The maximum atomic E-state index is 11.3. The lowest BCUT2D eigenvalue weighted by molar-refractivity contribution is 0.588. The van der Waals surface area contributed by atoms with Crippen molar-refractivity contribution in [3.05, 3.63) is 23.4 Å². The molecule has 0 aliphatic carbocycles. The minimum Gasteiger partial charge on any atom is -0.389 e. The van der Waals surface area contributed by atoms with Gasteiger partial charge in [-0.25, -0.2) is 18.1 Å². The minimum atomic E-state index is -3.24. The van der Waals surface area contributed by atoms with E-state index in [0.29, 0.717) is 11.4 Å². The van der Waals surface area contributed by atoms with E-state index in [-0.39, 0.29) is 17.3 Å². The maximum Gasteiger partial charge on any atom is 0.213 e. The van der Waals surface area contributed by atoms with E-state index in [1.54, 1.807) is 12.1 Å². The molecule has 1 rings (SSSR count). The molecule has 0 radical (unpaired) electrons. The molecule has 8 heteroatoms. The summed E-state index contributed by atoms with van der Waals surface area (Å²) < 4.78 is 24.7. The van der Waals surface area contributed by atoms with Gasteiger partial charge in [-0.15, -0.1) is 0 Å². The molecule has 0 unspecified atom stereocenters. The lowest BCUT2D eigenvalue weighted by atomic mass is 10.2. The maximum absolute atomic E-state index is 11.3. The fourth-order valence-corrected chi connectivity index (χ4v) is 2.04. The fourth-order valence-electron chi connectivity index (χ4n) is 1.30. The number of hydrogen-bond donors (Lipinski definition) is 3. The van der Waals surface area contributed by atoms with Crippen molar-refractivity contribution in [1.82, 2.24) is 9.71 Å². The molecular formula is C10H16N4O2S2. The third-order valence-corrected chi connectivity index (χ3v) is 3.86. The first-order chi connectivity index (χ1) is 8.35. The van der Waals surface area contributed by atoms with Crippen LogP contribution in [0.3, 0.4) is 0 Å². The third kappa shape index (κ3) is 4.21. The average molecular weight is 288 g/mol. The monoisotopic (exact) mass is 288 g/mol. The summed E-state index contributed by atoms with van der Waals surface area (Å²) in [7, 11) is -1.86. The highest BCUT2D eigenvalue weighted by molar-refractivity contribution is 7.89. The molecule has 0 aromatic carbocycles. The second kappa shape index (κ2) is 6.07. The average Bonchev–Trinajstić information content (AvgIpc) is 2.28. The Labute approximate surface area is 112 Å². The number of hydrogen-bond acceptors (Lipinski definition) is 5. The van der Waals surface area contributed by atoms with Crippen LogP contribution in [-0.4, -0.2) is 37.7 Å². The van der Waals surface area contributed by atoms with E-state index in [0.717, 1.165) is 5.69 Å². The molecule has 0 aliphatic heterocycles. The Hall–Kier alpha value is -1.25. The molecule has 0 aliphatic rings. The van der Waals surface area contributed by atoms with Crippen LogP contribution in [0.15, 0.2) is 12.1 Å². The molecular weight excluding hydrogens is 272 g/mol. The number of nitrogens with one attached hydrogen (secondary N) is 2. The van der Waals surface area contributed by atoms with Crippen molar-refractivity contribution in [2.75, 3.05) is 24.7 Å². The van der Waals surface area contributed by atoms with Gasteiger partial charge in [-0.2, -0.15) is 0 Å². The lowest BCUT2D eigenvalue weighted by Crippen LogP contribution is -2.27. The van der Waals surface area contributed by atoms with Crippen LogP contribution in [-0.2, 0) is 10.0 Å².